The van der Waals surface area contributed by atoms with Crippen molar-refractivity contribution < 1.29 is 23.1 Å². The van der Waals surface area contributed by atoms with E-state index in [1.165, 1.54) is 29.6 Å². The molecule has 1 aliphatic heterocycles. The average Bonchev–Trinajstić information content (AvgIpc) is 2.95. The van der Waals surface area contributed by atoms with E-state index < -0.39 is 22.0 Å². The van der Waals surface area contributed by atoms with Crippen LogP contribution in [0.25, 0.3) is 0 Å². The van der Waals surface area contributed by atoms with Crippen molar-refractivity contribution in [1.82, 2.24) is 4.31 Å². The molecule has 8 heteroatoms. The van der Waals surface area contributed by atoms with Gasteiger partial charge in [-0.3, -0.25) is 4.79 Å². The first-order valence-corrected chi connectivity index (χ1v) is 7.96. The van der Waals surface area contributed by atoms with Gasteiger partial charge >= 0.3 is 0 Å². The van der Waals surface area contributed by atoms with Gasteiger partial charge in [0.1, 0.15) is 5.75 Å². The third kappa shape index (κ3) is 2.87. The number of aliphatic hydroxyl groups is 1. The summed E-state index contributed by atoms with van der Waals surface area (Å²) < 4.78 is 31.5. The zero-order valence-corrected chi connectivity index (χ0v) is 12.5. The normalized spacial score (nSPS) is 19.6. The van der Waals surface area contributed by atoms with Gasteiger partial charge in [0.15, 0.2) is 0 Å². The summed E-state index contributed by atoms with van der Waals surface area (Å²) >= 11 is 0. The van der Waals surface area contributed by atoms with Gasteiger partial charge in [0.05, 0.1) is 24.2 Å². The van der Waals surface area contributed by atoms with Gasteiger partial charge in [0.25, 0.3) is 5.91 Å². The minimum absolute atomic E-state index is 0.0123. The van der Waals surface area contributed by atoms with Crippen LogP contribution in [0.5, 0.6) is 5.75 Å². The molecule has 0 saturated carbocycles. The summed E-state index contributed by atoms with van der Waals surface area (Å²) in [6.45, 7) is 0.129. The van der Waals surface area contributed by atoms with Gasteiger partial charge in [-0.05, 0) is 31.0 Å². The van der Waals surface area contributed by atoms with Crippen LogP contribution in [0, 0.1) is 0 Å². The molecule has 0 unspecified atom stereocenters. The highest BCUT2D eigenvalue weighted by Crippen LogP contribution is 2.28. The molecular formula is C13H18N2O5S. The van der Waals surface area contributed by atoms with E-state index in [9.17, 15) is 18.3 Å². The lowest BCUT2D eigenvalue weighted by Gasteiger charge is -2.22. The zero-order valence-electron chi connectivity index (χ0n) is 11.7. The summed E-state index contributed by atoms with van der Waals surface area (Å²) in [6, 6.07) is 3.56. The maximum Gasteiger partial charge on any atom is 0.252 e. The van der Waals surface area contributed by atoms with E-state index >= 15 is 0 Å². The Bertz CT molecular complexity index is 644. The van der Waals surface area contributed by atoms with E-state index in [0.29, 0.717) is 19.4 Å². The predicted octanol–water partition coefficient (Wildman–Crippen LogP) is -0.0605. The third-order valence-electron chi connectivity index (χ3n) is 3.58. The van der Waals surface area contributed by atoms with E-state index in [0.717, 1.165) is 0 Å². The second-order valence-corrected chi connectivity index (χ2v) is 6.71. The van der Waals surface area contributed by atoms with Crippen molar-refractivity contribution in [2.75, 3.05) is 20.3 Å². The maximum absolute atomic E-state index is 12.6. The molecular weight excluding hydrogens is 296 g/mol. The molecule has 0 aromatic heterocycles. The van der Waals surface area contributed by atoms with Crippen molar-refractivity contribution in [3.05, 3.63) is 23.8 Å². The molecule has 1 aromatic rings. The van der Waals surface area contributed by atoms with E-state index in [-0.39, 0.29) is 22.8 Å². The molecule has 1 aromatic carbocycles. The van der Waals surface area contributed by atoms with Gasteiger partial charge in [0, 0.05) is 12.6 Å². The number of aliphatic hydroxyl groups excluding tert-OH is 1. The SMILES string of the molecule is COc1ccc(S(=O)(=O)N2CCC[C@H]2CO)cc1C(N)=O. The van der Waals surface area contributed by atoms with Crippen molar-refractivity contribution in [3.63, 3.8) is 0 Å². The molecule has 1 saturated heterocycles. The van der Waals surface area contributed by atoms with Gasteiger partial charge < -0.3 is 15.6 Å². The number of benzene rings is 1. The Hall–Kier alpha value is -1.64. The zero-order chi connectivity index (χ0) is 15.6. The predicted molar refractivity (Wildman–Crippen MR) is 75.5 cm³/mol. The van der Waals surface area contributed by atoms with Crippen molar-refractivity contribution in [1.29, 1.82) is 0 Å². The summed E-state index contributed by atoms with van der Waals surface area (Å²) in [4.78, 5) is 11.4. The van der Waals surface area contributed by atoms with Gasteiger partial charge in [0.2, 0.25) is 10.0 Å². The molecule has 2 rings (SSSR count). The highest BCUT2D eigenvalue weighted by molar-refractivity contribution is 7.89. The molecule has 0 aliphatic carbocycles. The lowest BCUT2D eigenvalue weighted by atomic mass is 10.2. The third-order valence-corrected chi connectivity index (χ3v) is 5.52. The largest absolute Gasteiger partial charge is 0.496 e. The molecule has 0 spiro atoms. The monoisotopic (exact) mass is 314 g/mol. The molecule has 0 radical (unpaired) electrons. The minimum Gasteiger partial charge on any atom is -0.496 e. The lowest BCUT2D eigenvalue weighted by Crippen LogP contribution is -2.37. The van der Waals surface area contributed by atoms with Gasteiger partial charge in [-0.1, -0.05) is 0 Å². The highest BCUT2D eigenvalue weighted by atomic mass is 32.2. The fraction of sp³-hybridized carbons (Fsp3) is 0.462. The Morgan fingerprint density at radius 1 is 1.52 bits per heavy atom. The second-order valence-electron chi connectivity index (χ2n) is 4.82. The van der Waals surface area contributed by atoms with E-state index in [2.05, 4.69) is 0 Å². The molecule has 1 heterocycles. The lowest BCUT2D eigenvalue weighted by molar-refractivity contribution is 0.0997. The number of amides is 1. The van der Waals surface area contributed by atoms with Crippen molar-refractivity contribution in [3.8, 4) is 5.75 Å². The summed E-state index contributed by atoms with van der Waals surface area (Å²) in [5.74, 6) is -0.536. The Kier molecular flexibility index (Phi) is 4.50. The molecule has 1 atom stereocenters. The summed E-state index contributed by atoms with van der Waals surface area (Å²) in [7, 11) is -2.40. The Morgan fingerprint density at radius 2 is 2.24 bits per heavy atom. The number of ether oxygens (including phenoxy) is 1. The Morgan fingerprint density at radius 3 is 2.81 bits per heavy atom. The quantitative estimate of drug-likeness (QED) is 0.791. The summed E-state index contributed by atoms with van der Waals surface area (Å²) in [6.07, 6.45) is 1.32. The second kappa shape index (κ2) is 6.00. The van der Waals surface area contributed by atoms with E-state index in [1.54, 1.807) is 0 Å². The van der Waals surface area contributed by atoms with Crippen LogP contribution in [0.2, 0.25) is 0 Å². The maximum atomic E-state index is 12.6. The topological polar surface area (TPSA) is 110 Å². The first-order valence-electron chi connectivity index (χ1n) is 6.52. The Balaban J connectivity index is 2.45. The number of primary amides is 1. The van der Waals surface area contributed by atoms with Crippen LogP contribution >= 0.6 is 0 Å². The number of rotatable bonds is 5. The highest BCUT2D eigenvalue weighted by Gasteiger charge is 2.35. The van der Waals surface area contributed by atoms with Gasteiger partial charge in [-0.15, -0.1) is 0 Å². The van der Waals surface area contributed by atoms with Crippen LogP contribution < -0.4 is 10.5 Å². The summed E-state index contributed by atoms with van der Waals surface area (Å²) in [5, 5.41) is 9.27. The van der Waals surface area contributed by atoms with Crippen LogP contribution in [-0.2, 0) is 10.0 Å². The molecule has 1 aliphatic rings. The number of nitrogens with zero attached hydrogens (tertiary/aromatic N) is 1. The van der Waals surface area contributed by atoms with Crippen molar-refractivity contribution in [2.45, 2.75) is 23.8 Å². The first-order chi connectivity index (χ1) is 9.91. The summed E-state index contributed by atoms with van der Waals surface area (Å²) in [5.41, 5.74) is 5.25. The average molecular weight is 314 g/mol. The number of carbonyl (C=O) groups excluding carboxylic acids is 1. The number of carbonyl (C=O) groups is 1. The fourth-order valence-corrected chi connectivity index (χ4v) is 4.20. The van der Waals surface area contributed by atoms with Crippen LogP contribution in [0.4, 0.5) is 0 Å². The number of methoxy groups -OCH3 is 1. The smallest absolute Gasteiger partial charge is 0.252 e. The number of hydrogen-bond donors (Lipinski definition) is 2. The van der Waals surface area contributed by atoms with Crippen molar-refractivity contribution in [2.24, 2.45) is 5.73 Å². The van der Waals surface area contributed by atoms with Gasteiger partial charge in [-0.25, -0.2) is 8.42 Å². The molecule has 7 nitrogen and oxygen atoms in total. The van der Waals surface area contributed by atoms with Crippen LogP contribution in [-0.4, -0.2) is 50.0 Å². The fourth-order valence-electron chi connectivity index (χ4n) is 2.48. The molecule has 3 N–H and O–H groups in total. The molecule has 116 valence electrons. The van der Waals surface area contributed by atoms with Crippen molar-refractivity contribution >= 4 is 15.9 Å². The number of sulfonamides is 1. The number of hydrogen-bond acceptors (Lipinski definition) is 5. The molecule has 1 fully saturated rings. The van der Waals surface area contributed by atoms with Crippen LogP contribution in [0.3, 0.4) is 0 Å². The van der Waals surface area contributed by atoms with Crippen LogP contribution in [0.15, 0.2) is 23.1 Å². The standard InChI is InChI=1S/C13H18N2O5S/c1-20-12-5-4-10(7-11(12)13(14)17)21(18,19)15-6-2-3-9(15)8-16/h4-5,7,9,16H,2-3,6,8H2,1H3,(H2,14,17)/t9-/m0/s1. The molecule has 0 bridgehead atoms. The number of nitrogens with two attached hydrogens (primary N) is 1. The molecule has 1 amide bonds. The van der Waals surface area contributed by atoms with E-state index in [1.807, 2.05) is 0 Å². The van der Waals surface area contributed by atoms with Gasteiger partial charge in [-0.2, -0.15) is 4.31 Å². The van der Waals surface area contributed by atoms with E-state index in [4.69, 9.17) is 10.5 Å². The minimum atomic E-state index is -3.77. The molecule has 21 heavy (non-hydrogen) atoms. The Labute approximate surface area is 123 Å². The van der Waals surface area contributed by atoms with Crippen LogP contribution in [0.1, 0.15) is 23.2 Å². The first kappa shape index (κ1) is 15.7.